The first kappa shape index (κ1) is 22.0. The summed E-state index contributed by atoms with van der Waals surface area (Å²) >= 11 is 12.2. The van der Waals surface area contributed by atoms with Gasteiger partial charge in [-0.05, 0) is 24.6 Å². The molecule has 0 bridgehead atoms. The largest absolute Gasteiger partial charge is 0.290 e. The van der Waals surface area contributed by atoms with Crippen molar-refractivity contribution < 1.29 is 0 Å². The number of hydrogen-bond donors (Lipinski definition) is 0. The Kier molecular flexibility index (Phi) is 5.72. The minimum absolute atomic E-state index is 0.240. The van der Waals surface area contributed by atoms with Crippen molar-refractivity contribution in [1.29, 1.82) is 0 Å². The Balaban J connectivity index is 1.52. The maximum Gasteiger partial charge on any atom is 0.254 e. The lowest BCUT2D eigenvalue weighted by atomic mass is 10.1. The topological polar surface area (TPSA) is 114 Å². The minimum atomic E-state index is -0.340. The molecule has 0 saturated carbocycles. The molecular formula is C21H18Cl2N10O. The van der Waals surface area contributed by atoms with Crippen LogP contribution in [0.15, 0.2) is 60.2 Å². The van der Waals surface area contributed by atoms with Gasteiger partial charge in [-0.15, -0.1) is 10.2 Å². The molecule has 0 saturated heterocycles. The van der Waals surface area contributed by atoms with Gasteiger partial charge in [0.25, 0.3) is 5.56 Å². The van der Waals surface area contributed by atoms with Crippen molar-refractivity contribution in [3.8, 4) is 22.6 Å². The van der Waals surface area contributed by atoms with E-state index in [0.29, 0.717) is 34.1 Å². The van der Waals surface area contributed by atoms with Crippen LogP contribution in [0.25, 0.3) is 22.6 Å². The highest BCUT2D eigenvalue weighted by molar-refractivity contribution is 6.31. The molecule has 34 heavy (non-hydrogen) atoms. The van der Waals surface area contributed by atoms with E-state index in [1.54, 1.807) is 46.2 Å². The van der Waals surface area contributed by atoms with Crippen molar-refractivity contribution in [2.45, 2.75) is 19.4 Å². The first-order valence-corrected chi connectivity index (χ1v) is 11.1. The van der Waals surface area contributed by atoms with Crippen molar-refractivity contribution in [2.75, 3.05) is 0 Å². The summed E-state index contributed by atoms with van der Waals surface area (Å²) in [5.74, 6) is 0. The van der Waals surface area contributed by atoms with E-state index in [-0.39, 0.29) is 16.8 Å². The van der Waals surface area contributed by atoms with Gasteiger partial charge in [-0.2, -0.15) is 5.10 Å². The Morgan fingerprint density at radius 1 is 1.03 bits per heavy atom. The van der Waals surface area contributed by atoms with E-state index >= 15 is 0 Å². The van der Waals surface area contributed by atoms with Crippen LogP contribution >= 0.6 is 23.2 Å². The molecule has 11 nitrogen and oxygen atoms in total. The summed E-state index contributed by atoms with van der Waals surface area (Å²) in [5, 5.41) is 21.2. The Morgan fingerprint density at radius 2 is 1.85 bits per heavy atom. The zero-order chi connectivity index (χ0) is 23.8. The highest BCUT2D eigenvalue weighted by Crippen LogP contribution is 2.28. The van der Waals surface area contributed by atoms with E-state index in [1.165, 1.54) is 21.6 Å². The Morgan fingerprint density at radius 3 is 2.53 bits per heavy atom. The minimum Gasteiger partial charge on any atom is -0.290 e. The predicted molar refractivity (Wildman–Crippen MR) is 125 cm³/mol. The van der Waals surface area contributed by atoms with Gasteiger partial charge in [0, 0.05) is 23.7 Å². The van der Waals surface area contributed by atoms with Crippen LogP contribution in [0.2, 0.25) is 10.2 Å². The average Bonchev–Trinajstić information content (AvgIpc) is 3.57. The predicted octanol–water partition coefficient (Wildman–Crippen LogP) is 3.11. The summed E-state index contributed by atoms with van der Waals surface area (Å²) in [7, 11) is 1.83. The molecule has 1 unspecified atom stereocenters. The van der Waals surface area contributed by atoms with Crippen LogP contribution in [0, 0.1) is 0 Å². The summed E-state index contributed by atoms with van der Waals surface area (Å²) in [6.07, 6.45) is 8.99. The molecule has 0 spiro atoms. The SMILES string of the molecule is CCC(c1cn(-c2cnn(C)c2)nn1)n1cnc(-c2cc(Cl)ccc2-n2cc(Cl)nn2)cc1=O. The molecule has 0 amide bonds. The van der Waals surface area contributed by atoms with Gasteiger partial charge in [0.2, 0.25) is 0 Å². The van der Waals surface area contributed by atoms with Crippen LogP contribution in [0.3, 0.4) is 0 Å². The second kappa shape index (κ2) is 8.84. The van der Waals surface area contributed by atoms with Gasteiger partial charge in [-0.1, -0.05) is 40.6 Å². The molecule has 1 atom stereocenters. The summed E-state index contributed by atoms with van der Waals surface area (Å²) in [5.41, 5.74) is 2.88. The van der Waals surface area contributed by atoms with Crippen molar-refractivity contribution in [2.24, 2.45) is 7.05 Å². The molecule has 0 radical (unpaired) electrons. The normalized spacial score (nSPS) is 12.2. The van der Waals surface area contributed by atoms with Crippen molar-refractivity contribution in [3.63, 3.8) is 0 Å². The van der Waals surface area contributed by atoms with E-state index in [4.69, 9.17) is 23.2 Å². The third-order valence-electron chi connectivity index (χ3n) is 5.31. The molecule has 0 aliphatic carbocycles. The number of rotatable bonds is 6. The fraction of sp³-hybridized carbons (Fsp3) is 0.190. The molecule has 4 heterocycles. The van der Waals surface area contributed by atoms with Gasteiger partial charge >= 0.3 is 0 Å². The number of hydrogen-bond acceptors (Lipinski definition) is 7. The van der Waals surface area contributed by atoms with Crippen molar-refractivity contribution in [1.82, 2.24) is 49.3 Å². The first-order chi connectivity index (χ1) is 16.4. The Hall–Kier alpha value is -3.83. The van der Waals surface area contributed by atoms with Crippen molar-refractivity contribution in [3.05, 3.63) is 81.6 Å². The Labute approximate surface area is 203 Å². The number of aryl methyl sites for hydroxylation is 1. The standard InChI is InChI=1S/C21H18Cl2N10O/c1-3-18(17-10-32(28-26-17)14-8-25-30(2)9-14)31-12-24-16(7-21(31)34)15-6-13(22)4-5-19(15)33-11-20(23)27-29-33/h4-12,18H,3H2,1-2H3. The zero-order valence-corrected chi connectivity index (χ0v) is 19.6. The highest BCUT2D eigenvalue weighted by Gasteiger charge is 2.19. The number of nitrogens with zero attached hydrogens (tertiary/aromatic N) is 10. The summed E-state index contributed by atoms with van der Waals surface area (Å²) in [6, 6.07) is 6.32. The van der Waals surface area contributed by atoms with Gasteiger partial charge in [0.15, 0.2) is 5.15 Å². The molecule has 5 aromatic rings. The molecule has 1 aromatic carbocycles. The number of aromatic nitrogens is 10. The number of benzene rings is 1. The van der Waals surface area contributed by atoms with Crippen LogP contribution in [0.4, 0.5) is 0 Å². The monoisotopic (exact) mass is 496 g/mol. The third-order valence-corrected chi connectivity index (χ3v) is 5.72. The summed E-state index contributed by atoms with van der Waals surface area (Å²) < 4.78 is 6.35. The van der Waals surface area contributed by atoms with Crippen LogP contribution in [0.5, 0.6) is 0 Å². The lowest BCUT2D eigenvalue weighted by Gasteiger charge is -2.16. The molecule has 0 N–H and O–H groups in total. The lowest BCUT2D eigenvalue weighted by molar-refractivity contribution is 0.526. The molecule has 0 aliphatic rings. The van der Waals surface area contributed by atoms with Crippen LogP contribution < -0.4 is 5.56 Å². The smallest absolute Gasteiger partial charge is 0.254 e. The average molecular weight is 497 g/mol. The third kappa shape index (κ3) is 4.11. The van der Waals surface area contributed by atoms with E-state index in [0.717, 1.165) is 5.69 Å². The highest BCUT2D eigenvalue weighted by atomic mass is 35.5. The van der Waals surface area contributed by atoms with Crippen molar-refractivity contribution >= 4 is 23.2 Å². The second-order valence-corrected chi connectivity index (χ2v) is 8.37. The van der Waals surface area contributed by atoms with E-state index in [2.05, 4.69) is 30.7 Å². The van der Waals surface area contributed by atoms with Gasteiger partial charge in [-0.25, -0.2) is 14.3 Å². The molecule has 172 valence electrons. The summed E-state index contributed by atoms with van der Waals surface area (Å²) in [4.78, 5) is 17.7. The van der Waals surface area contributed by atoms with Crippen LogP contribution in [0.1, 0.15) is 25.1 Å². The maximum atomic E-state index is 13.2. The maximum absolute atomic E-state index is 13.2. The van der Waals surface area contributed by atoms with E-state index in [9.17, 15) is 4.79 Å². The number of halogens is 2. The van der Waals surface area contributed by atoms with Gasteiger partial charge in [-0.3, -0.25) is 14.0 Å². The van der Waals surface area contributed by atoms with Crippen LogP contribution in [-0.4, -0.2) is 49.3 Å². The molecule has 13 heteroatoms. The fourth-order valence-electron chi connectivity index (χ4n) is 3.70. The summed E-state index contributed by atoms with van der Waals surface area (Å²) in [6.45, 7) is 1.97. The van der Waals surface area contributed by atoms with E-state index in [1.807, 2.05) is 20.2 Å². The quantitative estimate of drug-likeness (QED) is 0.354. The molecule has 5 rings (SSSR count). The molecule has 4 aromatic heterocycles. The first-order valence-electron chi connectivity index (χ1n) is 10.3. The van der Waals surface area contributed by atoms with E-state index < -0.39 is 0 Å². The Bertz CT molecular complexity index is 1530. The molecular weight excluding hydrogens is 479 g/mol. The molecule has 0 aliphatic heterocycles. The van der Waals surface area contributed by atoms with Gasteiger partial charge < -0.3 is 0 Å². The second-order valence-electron chi connectivity index (χ2n) is 7.55. The lowest BCUT2D eigenvalue weighted by Crippen LogP contribution is -2.25. The van der Waals surface area contributed by atoms with Crippen LogP contribution in [-0.2, 0) is 7.05 Å². The van der Waals surface area contributed by atoms with Gasteiger partial charge in [0.1, 0.15) is 11.4 Å². The fourth-order valence-corrected chi connectivity index (χ4v) is 3.99. The zero-order valence-electron chi connectivity index (χ0n) is 18.1. The molecule has 0 fully saturated rings. The van der Waals surface area contributed by atoms with Gasteiger partial charge in [0.05, 0.1) is 48.5 Å².